The van der Waals surface area contributed by atoms with Crippen LogP contribution in [0.3, 0.4) is 0 Å². The van der Waals surface area contributed by atoms with E-state index < -0.39 is 0 Å². The summed E-state index contributed by atoms with van der Waals surface area (Å²) in [6.45, 7) is 8.01. The van der Waals surface area contributed by atoms with Crippen molar-refractivity contribution in [1.82, 2.24) is 5.32 Å². The van der Waals surface area contributed by atoms with Gasteiger partial charge < -0.3 is 10.6 Å². The van der Waals surface area contributed by atoms with E-state index in [1.165, 1.54) is 49.2 Å². The number of para-hydroxylation sites is 1. The number of nitrogens with one attached hydrogen (secondary N) is 2. The Bertz CT molecular complexity index is 359. The summed E-state index contributed by atoms with van der Waals surface area (Å²) >= 11 is 0. The molecule has 2 heteroatoms. The van der Waals surface area contributed by atoms with Gasteiger partial charge >= 0.3 is 0 Å². The zero-order valence-electron chi connectivity index (χ0n) is 12.5. The predicted molar refractivity (Wildman–Crippen MR) is 83.9 cm³/mol. The largest absolute Gasteiger partial charge is 0.385 e. The molecular formula is C17H28N2. The van der Waals surface area contributed by atoms with E-state index in [4.69, 9.17) is 0 Å². The minimum absolute atomic E-state index is 0.861. The van der Waals surface area contributed by atoms with Crippen LogP contribution < -0.4 is 10.6 Å². The summed E-state index contributed by atoms with van der Waals surface area (Å²) in [6.07, 6.45) is 6.25. The van der Waals surface area contributed by atoms with Crippen LogP contribution in [0.15, 0.2) is 18.2 Å². The van der Waals surface area contributed by atoms with Gasteiger partial charge in [0.1, 0.15) is 0 Å². The Morgan fingerprint density at radius 3 is 2.53 bits per heavy atom. The summed E-state index contributed by atoms with van der Waals surface area (Å²) in [7, 11) is 0. The number of benzene rings is 1. The average molecular weight is 260 g/mol. The number of piperidine rings is 1. The van der Waals surface area contributed by atoms with Crippen molar-refractivity contribution < 1.29 is 0 Å². The molecule has 1 heterocycles. The van der Waals surface area contributed by atoms with Crippen molar-refractivity contribution in [1.29, 1.82) is 0 Å². The van der Waals surface area contributed by atoms with Gasteiger partial charge in [-0.1, -0.05) is 32.0 Å². The first kappa shape index (κ1) is 14.4. The maximum absolute atomic E-state index is 3.70. The van der Waals surface area contributed by atoms with Crippen LogP contribution in [0.2, 0.25) is 0 Å². The third-order valence-corrected chi connectivity index (χ3v) is 4.25. The van der Waals surface area contributed by atoms with E-state index in [2.05, 4.69) is 42.7 Å². The van der Waals surface area contributed by atoms with Crippen molar-refractivity contribution >= 4 is 5.69 Å². The summed E-state index contributed by atoms with van der Waals surface area (Å²) in [4.78, 5) is 0. The Labute approximate surface area is 118 Å². The van der Waals surface area contributed by atoms with Crippen LogP contribution in [0, 0.1) is 5.92 Å². The summed E-state index contributed by atoms with van der Waals surface area (Å²) in [5, 5.41) is 7.20. The molecule has 1 aliphatic rings. The fraction of sp³-hybridized carbons (Fsp3) is 0.647. The third kappa shape index (κ3) is 3.97. The molecule has 0 saturated carbocycles. The Balaban J connectivity index is 1.90. The molecular weight excluding hydrogens is 232 g/mol. The van der Waals surface area contributed by atoms with Gasteiger partial charge in [-0.25, -0.2) is 0 Å². The highest BCUT2D eigenvalue weighted by molar-refractivity contribution is 5.57. The molecule has 0 amide bonds. The van der Waals surface area contributed by atoms with Crippen molar-refractivity contribution in [2.45, 2.75) is 46.0 Å². The molecule has 1 atom stereocenters. The van der Waals surface area contributed by atoms with Crippen LogP contribution in [0.5, 0.6) is 0 Å². The van der Waals surface area contributed by atoms with Gasteiger partial charge in [-0.2, -0.15) is 0 Å². The van der Waals surface area contributed by atoms with E-state index in [1.807, 2.05) is 0 Å². The minimum Gasteiger partial charge on any atom is -0.385 e. The van der Waals surface area contributed by atoms with Gasteiger partial charge in [-0.15, -0.1) is 0 Å². The Kier molecular flexibility index (Phi) is 5.71. The first-order valence-corrected chi connectivity index (χ1v) is 7.90. The maximum Gasteiger partial charge on any atom is 0.0405 e. The van der Waals surface area contributed by atoms with Crippen molar-refractivity contribution in [3.8, 4) is 0 Å². The van der Waals surface area contributed by atoms with Crippen LogP contribution in [-0.4, -0.2) is 19.6 Å². The Morgan fingerprint density at radius 2 is 1.95 bits per heavy atom. The Hall–Kier alpha value is -1.02. The van der Waals surface area contributed by atoms with Crippen LogP contribution in [-0.2, 0) is 12.8 Å². The van der Waals surface area contributed by atoms with E-state index >= 15 is 0 Å². The van der Waals surface area contributed by atoms with Crippen LogP contribution in [0.1, 0.15) is 44.2 Å². The highest BCUT2D eigenvalue weighted by Gasteiger charge is 2.13. The molecule has 1 fully saturated rings. The molecule has 2 N–H and O–H groups in total. The maximum atomic E-state index is 3.70. The van der Waals surface area contributed by atoms with Gasteiger partial charge in [0.05, 0.1) is 0 Å². The quantitative estimate of drug-likeness (QED) is 0.816. The summed E-state index contributed by atoms with van der Waals surface area (Å²) in [6, 6.07) is 6.70. The monoisotopic (exact) mass is 260 g/mol. The van der Waals surface area contributed by atoms with Gasteiger partial charge in [0, 0.05) is 12.2 Å². The molecule has 106 valence electrons. The lowest BCUT2D eigenvalue weighted by molar-refractivity contribution is 0.364. The molecule has 1 saturated heterocycles. The summed E-state index contributed by atoms with van der Waals surface area (Å²) < 4.78 is 0. The van der Waals surface area contributed by atoms with Crippen LogP contribution in [0.25, 0.3) is 0 Å². The average Bonchev–Trinajstić information content (AvgIpc) is 2.48. The number of anilines is 1. The lowest BCUT2D eigenvalue weighted by Crippen LogP contribution is -2.30. The number of hydrogen-bond donors (Lipinski definition) is 2. The molecule has 1 aromatic carbocycles. The second-order valence-electron chi connectivity index (χ2n) is 5.59. The van der Waals surface area contributed by atoms with E-state index in [9.17, 15) is 0 Å². The van der Waals surface area contributed by atoms with Crippen LogP contribution >= 0.6 is 0 Å². The first-order chi connectivity index (χ1) is 9.35. The smallest absolute Gasteiger partial charge is 0.0405 e. The Morgan fingerprint density at radius 1 is 1.21 bits per heavy atom. The fourth-order valence-corrected chi connectivity index (χ4v) is 3.04. The topological polar surface area (TPSA) is 24.1 Å². The normalized spacial score (nSPS) is 19.4. The van der Waals surface area contributed by atoms with Gasteiger partial charge in [0.15, 0.2) is 0 Å². The molecule has 1 unspecified atom stereocenters. The zero-order valence-corrected chi connectivity index (χ0v) is 12.5. The molecule has 0 radical (unpaired) electrons. The molecule has 0 aliphatic carbocycles. The SMILES string of the molecule is CCc1cccc(CC)c1NCCC1CCCNC1. The fourth-order valence-electron chi connectivity index (χ4n) is 3.04. The van der Waals surface area contributed by atoms with Crippen molar-refractivity contribution in [3.05, 3.63) is 29.3 Å². The summed E-state index contributed by atoms with van der Waals surface area (Å²) in [5.74, 6) is 0.861. The molecule has 0 spiro atoms. The number of rotatable bonds is 6. The standard InChI is InChI=1S/C17H28N2/c1-3-15-8-5-9-16(4-2)17(15)19-12-10-14-7-6-11-18-13-14/h5,8-9,14,18-19H,3-4,6-7,10-13H2,1-2H3. The van der Waals surface area contributed by atoms with E-state index in [0.29, 0.717) is 0 Å². The minimum atomic E-state index is 0.861. The van der Waals surface area contributed by atoms with E-state index in [1.54, 1.807) is 0 Å². The zero-order chi connectivity index (χ0) is 13.5. The van der Waals surface area contributed by atoms with Gasteiger partial charge in [0.2, 0.25) is 0 Å². The molecule has 0 aromatic heterocycles. The lowest BCUT2D eigenvalue weighted by Gasteiger charge is -2.23. The van der Waals surface area contributed by atoms with Crippen LogP contribution in [0.4, 0.5) is 5.69 Å². The van der Waals surface area contributed by atoms with Crippen molar-refractivity contribution in [2.24, 2.45) is 5.92 Å². The second-order valence-corrected chi connectivity index (χ2v) is 5.59. The number of aryl methyl sites for hydroxylation is 2. The molecule has 2 rings (SSSR count). The first-order valence-electron chi connectivity index (χ1n) is 7.90. The number of hydrogen-bond acceptors (Lipinski definition) is 2. The van der Waals surface area contributed by atoms with Gasteiger partial charge in [0.25, 0.3) is 0 Å². The van der Waals surface area contributed by atoms with Crippen molar-refractivity contribution in [3.63, 3.8) is 0 Å². The second kappa shape index (κ2) is 7.54. The molecule has 0 bridgehead atoms. The highest BCUT2D eigenvalue weighted by Crippen LogP contribution is 2.23. The van der Waals surface area contributed by atoms with Crippen molar-refractivity contribution in [2.75, 3.05) is 25.0 Å². The molecule has 1 aromatic rings. The molecule has 2 nitrogen and oxygen atoms in total. The van der Waals surface area contributed by atoms with E-state index in [0.717, 1.165) is 25.3 Å². The third-order valence-electron chi connectivity index (χ3n) is 4.25. The van der Waals surface area contributed by atoms with E-state index in [-0.39, 0.29) is 0 Å². The van der Waals surface area contributed by atoms with Gasteiger partial charge in [-0.05, 0) is 62.2 Å². The highest BCUT2D eigenvalue weighted by atomic mass is 14.9. The lowest BCUT2D eigenvalue weighted by atomic mass is 9.96. The van der Waals surface area contributed by atoms with Gasteiger partial charge in [-0.3, -0.25) is 0 Å². The molecule has 19 heavy (non-hydrogen) atoms. The molecule has 1 aliphatic heterocycles. The summed E-state index contributed by atoms with van der Waals surface area (Å²) in [5.41, 5.74) is 4.32. The predicted octanol–water partition coefficient (Wildman–Crippen LogP) is 3.61.